The van der Waals surface area contributed by atoms with Crippen molar-refractivity contribution in [2.45, 2.75) is 32.2 Å². The molecule has 0 N–H and O–H groups in total. The summed E-state index contributed by atoms with van der Waals surface area (Å²) in [5, 5.41) is 0.979. The molecule has 0 radical (unpaired) electrons. The van der Waals surface area contributed by atoms with Crippen LogP contribution in [0.3, 0.4) is 0 Å². The molecule has 106 valence electrons. The Hall–Kier alpha value is -1.48. The Labute approximate surface area is 123 Å². The molecule has 20 heavy (non-hydrogen) atoms. The molecule has 1 aromatic heterocycles. The first-order valence-corrected chi connectivity index (χ1v) is 7.59. The summed E-state index contributed by atoms with van der Waals surface area (Å²) in [6.07, 6.45) is 3.16. The van der Waals surface area contributed by atoms with Crippen LogP contribution in [0.15, 0.2) is 28.7 Å². The number of furan rings is 1. The molecule has 0 aliphatic carbocycles. The fourth-order valence-electron chi connectivity index (χ4n) is 2.84. The SMILES string of the molecule is Cc1ccc2oc(C(=O)N3CCCCC3CCl)cc2c1. The predicted octanol–water partition coefficient (Wildman–Crippen LogP) is 3.97. The molecule has 0 bridgehead atoms. The quantitative estimate of drug-likeness (QED) is 0.784. The van der Waals surface area contributed by atoms with Crippen LogP contribution in [0, 0.1) is 6.92 Å². The second kappa shape index (κ2) is 5.49. The normalized spacial score (nSPS) is 19.5. The van der Waals surface area contributed by atoms with Crippen LogP contribution < -0.4 is 0 Å². The van der Waals surface area contributed by atoms with E-state index in [1.54, 1.807) is 0 Å². The number of aryl methyl sites for hydroxylation is 1. The van der Waals surface area contributed by atoms with Gasteiger partial charge < -0.3 is 9.32 Å². The summed E-state index contributed by atoms with van der Waals surface area (Å²) in [6, 6.07) is 7.90. The summed E-state index contributed by atoms with van der Waals surface area (Å²) >= 11 is 5.98. The zero-order chi connectivity index (χ0) is 14.1. The molecule has 2 heterocycles. The fourth-order valence-corrected chi connectivity index (χ4v) is 3.16. The van der Waals surface area contributed by atoms with Gasteiger partial charge in [0.05, 0.1) is 0 Å². The van der Waals surface area contributed by atoms with Crippen LogP contribution in [0.4, 0.5) is 0 Å². The topological polar surface area (TPSA) is 33.5 Å². The van der Waals surface area contributed by atoms with Gasteiger partial charge in [0.2, 0.25) is 0 Å². The predicted molar refractivity (Wildman–Crippen MR) is 80.3 cm³/mol. The van der Waals surface area contributed by atoms with Gasteiger partial charge in [0, 0.05) is 23.9 Å². The monoisotopic (exact) mass is 291 g/mol. The molecule has 0 saturated carbocycles. The van der Waals surface area contributed by atoms with Crippen molar-refractivity contribution in [2.75, 3.05) is 12.4 Å². The van der Waals surface area contributed by atoms with Crippen molar-refractivity contribution in [1.82, 2.24) is 4.90 Å². The molecule has 1 saturated heterocycles. The van der Waals surface area contributed by atoms with Crippen molar-refractivity contribution in [3.8, 4) is 0 Å². The highest BCUT2D eigenvalue weighted by Crippen LogP contribution is 2.25. The number of fused-ring (bicyclic) bond motifs is 1. The smallest absolute Gasteiger partial charge is 0.289 e. The molecule has 0 spiro atoms. The van der Waals surface area contributed by atoms with E-state index in [9.17, 15) is 4.79 Å². The second-order valence-corrected chi connectivity index (χ2v) is 5.76. The van der Waals surface area contributed by atoms with E-state index in [2.05, 4.69) is 0 Å². The number of hydrogen-bond donors (Lipinski definition) is 0. The number of nitrogens with zero attached hydrogens (tertiary/aromatic N) is 1. The fraction of sp³-hybridized carbons (Fsp3) is 0.438. The first-order valence-electron chi connectivity index (χ1n) is 7.06. The van der Waals surface area contributed by atoms with Crippen LogP contribution >= 0.6 is 11.6 Å². The van der Waals surface area contributed by atoms with E-state index in [0.717, 1.165) is 42.3 Å². The summed E-state index contributed by atoms with van der Waals surface area (Å²) in [4.78, 5) is 14.5. The Morgan fingerprint density at radius 2 is 2.25 bits per heavy atom. The zero-order valence-corrected chi connectivity index (χ0v) is 12.3. The largest absolute Gasteiger partial charge is 0.451 e. The number of hydrogen-bond acceptors (Lipinski definition) is 2. The molecule has 1 aromatic carbocycles. The molecule has 4 heteroatoms. The molecule has 1 fully saturated rings. The molecule has 1 amide bonds. The molecule has 1 aliphatic heterocycles. The average molecular weight is 292 g/mol. The minimum atomic E-state index is -0.0378. The van der Waals surface area contributed by atoms with Gasteiger partial charge in [-0.1, -0.05) is 11.6 Å². The molecule has 2 aromatic rings. The standard InChI is InChI=1S/C16H18ClNO2/c1-11-5-6-14-12(8-11)9-15(20-14)16(19)18-7-3-2-4-13(18)10-17/h5-6,8-9,13H,2-4,7,10H2,1H3. The van der Waals surface area contributed by atoms with Crippen LogP contribution in [0.25, 0.3) is 11.0 Å². The van der Waals surface area contributed by atoms with Crippen molar-refractivity contribution in [3.05, 3.63) is 35.6 Å². The number of carbonyl (C=O) groups excluding carboxylic acids is 1. The van der Waals surface area contributed by atoms with Gasteiger partial charge in [-0.15, -0.1) is 11.6 Å². The highest BCUT2D eigenvalue weighted by atomic mass is 35.5. The molecule has 3 rings (SSSR count). The summed E-state index contributed by atoms with van der Waals surface area (Å²) < 4.78 is 5.70. The lowest BCUT2D eigenvalue weighted by Crippen LogP contribution is -2.44. The maximum atomic E-state index is 12.6. The molecule has 1 aliphatic rings. The number of alkyl halides is 1. The van der Waals surface area contributed by atoms with Crippen LogP contribution in [0.5, 0.6) is 0 Å². The van der Waals surface area contributed by atoms with Crippen molar-refractivity contribution in [3.63, 3.8) is 0 Å². The third-order valence-corrected chi connectivity index (χ3v) is 4.30. The van der Waals surface area contributed by atoms with Crippen LogP contribution in [-0.2, 0) is 0 Å². The number of likely N-dealkylation sites (tertiary alicyclic amines) is 1. The van der Waals surface area contributed by atoms with Gasteiger partial charge in [-0.05, 0) is 44.4 Å². The summed E-state index contributed by atoms with van der Waals surface area (Å²) in [6.45, 7) is 2.80. The second-order valence-electron chi connectivity index (χ2n) is 5.45. The summed E-state index contributed by atoms with van der Waals surface area (Å²) in [5.74, 6) is 0.872. The van der Waals surface area contributed by atoms with E-state index in [4.69, 9.17) is 16.0 Å². The number of halogens is 1. The number of benzene rings is 1. The minimum absolute atomic E-state index is 0.0378. The number of amides is 1. The number of piperidine rings is 1. The lowest BCUT2D eigenvalue weighted by atomic mass is 10.0. The van der Waals surface area contributed by atoms with Gasteiger partial charge in [0.25, 0.3) is 5.91 Å². The Morgan fingerprint density at radius 3 is 3.05 bits per heavy atom. The third kappa shape index (κ3) is 2.42. The molecule has 1 unspecified atom stereocenters. The van der Waals surface area contributed by atoms with E-state index in [1.165, 1.54) is 0 Å². The van der Waals surface area contributed by atoms with E-state index in [-0.39, 0.29) is 11.9 Å². The lowest BCUT2D eigenvalue weighted by molar-refractivity contribution is 0.0609. The zero-order valence-electron chi connectivity index (χ0n) is 11.6. The summed E-state index contributed by atoms with van der Waals surface area (Å²) in [7, 11) is 0. The van der Waals surface area contributed by atoms with E-state index in [1.807, 2.05) is 36.1 Å². The Morgan fingerprint density at radius 1 is 1.40 bits per heavy atom. The van der Waals surface area contributed by atoms with Crippen molar-refractivity contribution < 1.29 is 9.21 Å². The van der Waals surface area contributed by atoms with Crippen molar-refractivity contribution in [1.29, 1.82) is 0 Å². The maximum Gasteiger partial charge on any atom is 0.289 e. The third-order valence-electron chi connectivity index (χ3n) is 3.95. The van der Waals surface area contributed by atoms with Crippen molar-refractivity contribution in [2.24, 2.45) is 0 Å². The number of carbonyl (C=O) groups is 1. The Kier molecular flexibility index (Phi) is 3.70. The molecular weight excluding hydrogens is 274 g/mol. The Bertz CT molecular complexity index is 634. The van der Waals surface area contributed by atoms with Gasteiger partial charge in [0.15, 0.2) is 5.76 Å². The van der Waals surface area contributed by atoms with E-state index < -0.39 is 0 Å². The minimum Gasteiger partial charge on any atom is -0.451 e. The van der Waals surface area contributed by atoms with Crippen molar-refractivity contribution >= 4 is 28.5 Å². The molecule has 3 nitrogen and oxygen atoms in total. The van der Waals surface area contributed by atoms with Gasteiger partial charge in [-0.2, -0.15) is 0 Å². The van der Waals surface area contributed by atoms with Gasteiger partial charge in [-0.3, -0.25) is 4.79 Å². The highest BCUT2D eigenvalue weighted by Gasteiger charge is 2.28. The van der Waals surface area contributed by atoms with Gasteiger partial charge in [0.1, 0.15) is 5.58 Å². The highest BCUT2D eigenvalue weighted by molar-refractivity contribution is 6.18. The first kappa shape index (κ1) is 13.5. The number of rotatable bonds is 2. The van der Waals surface area contributed by atoms with Crippen LogP contribution in [0.1, 0.15) is 35.4 Å². The van der Waals surface area contributed by atoms with Crippen LogP contribution in [0.2, 0.25) is 0 Å². The molecular formula is C16H18ClNO2. The Balaban J connectivity index is 1.91. The van der Waals surface area contributed by atoms with E-state index >= 15 is 0 Å². The van der Waals surface area contributed by atoms with Crippen LogP contribution in [-0.4, -0.2) is 29.3 Å². The summed E-state index contributed by atoms with van der Waals surface area (Å²) in [5.41, 5.74) is 1.92. The maximum absolute atomic E-state index is 12.6. The average Bonchev–Trinajstić information content (AvgIpc) is 2.89. The van der Waals surface area contributed by atoms with Gasteiger partial charge >= 0.3 is 0 Å². The van der Waals surface area contributed by atoms with Gasteiger partial charge in [-0.25, -0.2) is 0 Å². The lowest BCUT2D eigenvalue weighted by Gasteiger charge is -2.33. The molecule has 1 atom stereocenters. The first-order chi connectivity index (χ1) is 9.69. The van der Waals surface area contributed by atoms with E-state index in [0.29, 0.717) is 11.6 Å².